The van der Waals surface area contributed by atoms with E-state index in [1.807, 2.05) is 0 Å². The van der Waals surface area contributed by atoms with E-state index >= 15 is 0 Å². The summed E-state index contributed by atoms with van der Waals surface area (Å²) >= 11 is 0. The second-order valence-corrected chi connectivity index (χ2v) is 5.40. The quantitative estimate of drug-likeness (QED) is 0.690. The maximum Gasteiger partial charge on any atom is 0.0193 e. The van der Waals surface area contributed by atoms with Crippen LogP contribution in [-0.4, -0.2) is 24.2 Å². The van der Waals surface area contributed by atoms with Crippen molar-refractivity contribution in [3.8, 4) is 0 Å². The Morgan fingerprint density at radius 1 is 1.00 bits per heavy atom. The van der Waals surface area contributed by atoms with Crippen LogP contribution in [0.25, 0.3) is 0 Å². The van der Waals surface area contributed by atoms with Gasteiger partial charge in [0.1, 0.15) is 0 Å². The van der Waals surface area contributed by atoms with Crippen molar-refractivity contribution in [3.05, 3.63) is 0 Å². The van der Waals surface area contributed by atoms with Crippen LogP contribution in [0.5, 0.6) is 0 Å². The highest BCUT2D eigenvalue weighted by Gasteiger charge is 2.24. The fraction of sp³-hybridized carbons (Fsp3) is 1.00. The normalized spacial score (nSPS) is 31.0. The van der Waals surface area contributed by atoms with Crippen molar-refractivity contribution in [3.63, 3.8) is 0 Å². The standard InChI is InChI=1S/C9H19N.C4H9N/c1-8(2)10-9-6-4-3-5-7-9;1-3-4(2)5-3/h8-10H,3-7H2,1-2H3;3-5H,1-2H3. The molecule has 1 aliphatic heterocycles. The van der Waals surface area contributed by atoms with E-state index in [2.05, 4.69) is 38.3 Å². The highest BCUT2D eigenvalue weighted by molar-refractivity contribution is 4.89. The summed E-state index contributed by atoms with van der Waals surface area (Å²) in [6.07, 6.45) is 7.13. The van der Waals surface area contributed by atoms with Gasteiger partial charge in [0, 0.05) is 24.2 Å². The van der Waals surface area contributed by atoms with Gasteiger partial charge in [-0.1, -0.05) is 33.1 Å². The molecule has 0 aromatic carbocycles. The van der Waals surface area contributed by atoms with E-state index in [9.17, 15) is 0 Å². The van der Waals surface area contributed by atoms with Gasteiger partial charge in [0.25, 0.3) is 0 Å². The molecular weight excluding hydrogens is 184 g/mol. The Morgan fingerprint density at radius 3 is 1.80 bits per heavy atom. The van der Waals surface area contributed by atoms with Gasteiger partial charge in [-0.25, -0.2) is 0 Å². The Balaban J connectivity index is 0.000000187. The average Bonchev–Trinajstić information content (AvgIpc) is 2.81. The van der Waals surface area contributed by atoms with Crippen LogP contribution in [0.15, 0.2) is 0 Å². The molecule has 2 aliphatic rings. The number of rotatable bonds is 2. The minimum Gasteiger partial charge on any atom is -0.312 e. The molecule has 0 aromatic heterocycles. The number of hydrogen-bond donors (Lipinski definition) is 2. The van der Waals surface area contributed by atoms with Crippen molar-refractivity contribution in [1.29, 1.82) is 0 Å². The molecule has 0 spiro atoms. The summed E-state index contributed by atoms with van der Waals surface area (Å²) in [6, 6.07) is 3.10. The van der Waals surface area contributed by atoms with Crippen LogP contribution in [0, 0.1) is 0 Å². The SMILES string of the molecule is CC(C)NC1CCCCC1.CC1NC1C. The molecule has 1 saturated carbocycles. The summed E-state index contributed by atoms with van der Waals surface area (Å²) in [4.78, 5) is 0. The van der Waals surface area contributed by atoms with Crippen LogP contribution in [0.2, 0.25) is 0 Å². The monoisotopic (exact) mass is 212 g/mol. The minimum atomic E-state index is 0.670. The van der Waals surface area contributed by atoms with Crippen LogP contribution < -0.4 is 10.6 Å². The molecule has 2 heteroatoms. The van der Waals surface area contributed by atoms with E-state index in [1.165, 1.54) is 32.1 Å². The molecule has 2 nitrogen and oxygen atoms in total. The Kier molecular flexibility index (Phi) is 5.62. The smallest absolute Gasteiger partial charge is 0.0193 e. The fourth-order valence-corrected chi connectivity index (χ4v) is 2.10. The largest absolute Gasteiger partial charge is 0.312 e. The first-order valence-electron chi connectivity index (χ1n) is 6.61. The molecular formula is C13H28N2. The van der Waals surface area contributed by atoms with E-state index < -0.39 is 0 Å². The molecule has 0 amide bonds. The first-order chi connectivity index (χ1) is 7.09. The van der Waals surface area contributed by atoms with Crippen LogP contribution in [0.3, 0.4) is 0 Å². The van der Waals surface area contributed by atoms with Gasteiger partial charge in [-0.3, -0.25) is 0 Å². The lowest BCUT2D eigenvalue weighted by Crippen LogP contribution is -2.35. The Hall–Kier alpha value is -0.0800. The first kappa shape index (κ1) is 13.0. The van der Waals surface area contributed by atoms with Gasteiger partial charge in [-0.15, -0.1) is 0 Å². The van der Waals surface area contributed by atoms with E-state index in [1.54, 1.807) is 0 Å². The summed E-state index contributed by atoms with van der Waals surface area (Å²) in [5.74, 6) is 0. The lowest BCUT2D eigenvalue weighted by Gasteiger charge is -2.24. The lowest BCUT2D eigenvalue weighted by atomic mass is 9.95. The Morgan fingerprint density at radius 2 is 1.47 bits per heavy atom. The van der Waals surface area contributed by atoms with Crippen LogP contribution in [-0.2, 0) is 0 Å². The predicted octanol–water partition coefficient (Wildman–Crippen LogP) is 2.68. The predicted molar refractivity (Wildman–Crippen MR) is 67.2 cm³/mol. The molecule has 2 atom stereocenters. The molecule has 0 bridgehead atoms. The second kappa shape index (κ2) is 6.49. The Bertz CT molecular complexity index is 156. The number of nitrogens with one attached hydrogen (secondary N) is 2. The minimum absolute atomic E-state index is 0.670. The zero-order chi connectivity index (χ0) is 11.3. The molecule has 2 fully saturated rings. The second-order valence-electron chi connectivity index (χ2n) is 5.40. The third kappa shape index (κ3) is 6.16. The fourth-order valence-electron chi connectivity index (χ4n) is 2.10. The van der Waals surface area contributed by atoms with Crippen molar-refractivity contribution < 1.29 is 0 Å². The van der Waals surface area contributed by atoms with Crippen molar-refractivity contribution in [1.82, 2.24) is 10.6 Å². The van der Waals surface area contributed by atoms with Crippen molar-refractivity contribution in [2.75, 3.05) is 0 Å². The third-order valence-electron chi connectivity index (χ3n) is 3.34. The van der Waals surface area contributed by atoms with E-state index in [0.29, 0.717) is 6.04 Å². The van der Waals surface area contributed by atoms with Crippen LogP contribution in [0.4, 0.5) is 0 Å². The maximum absolute atomic E-state index is 3.58. The molecule has 2 rings (SSSR count). The lowest BCUT2D eigenvalue weighted by molar-refractivity contribution is 0.352. The van der Waals surface area contributed by atoms with E-state index in [0.717, 1.165) is 18.1 Å². The molecule has 1 saturated heterocycles. The van der Waals surface area contributed by atoms with Gasteiger partial charge < -0.3 is 10.6 Å². The van der Waals surface area contributed by atoms with Crippen molar-refractivity contribution in [2.24, 2.45) is 0 Å². The molecule has 15 heavy (non-hydrogen) atoms. The van der Waals surface area contributed by atoms with Gasteiger partial charge in [-0.2, -0.15) is 0 Å². The molecule has 90 valence electrons. The van der Waals surface area contributed by atoms with Gasteiger partial charge in [0.05, 0.1) is 0 Å². The summed E-state index contributed by atoms with van der Waals surface area (Å²) in [7, 11) is 0. The van der Waals surface area contributed by atoms with Gasteiger partial charge in [0.2, 0.25) is 0 Å². The van der Waals surface area contributed by atoms with Crippen LogP contribution >= 0.6 is 0 Å². The highest BCUT2D eigenvalue weighted by atomic mass is 15.1. The zero-order valence-electron chi connectivity index (χ0n) is 10.8. The van der Waals surface area contributed by atoms with Crippen LogP contribution in [0.1, 0.15) is 59.8 Å². The Labute approximate surface area is 95.2 Å². The third-order valence-corrected chi connectivity index (χ3v) is 3.34. The van der Waals surface area contributed by atoms with Crippen molar-refractivity contribution >= 4 is 0 Å². The summed E-state index contributed by atoms with van der Waals surface area (Å²) in [5, 5.41) is 6.78. The molecule has 1 aliphatic carbocycles. The summed E-state index contributed by atoms with van der Waals surface area (Å²) in [6.45, 7) is 8.83. The number of hydrogen-bond acceptors (Lipinski definition) is 2. The molecule has 1 heterocycles. The molecule has 0 radical (unpaired) electrons. The van der Waals surface area contributed by atoms with E-state index in [4.69, 9.17) is 0 Å². The molecule has 2 N–H and O–H groups in total. The highest BCUT2D eigenvalue weighted by Crippen LogP contribution is 2.17. The molecule has 0 aromatic rings. The van der Waals surface area contributed by atoms with Crippen molar-refractivity contribution in [2.45, 2.75) is 84.0 Å². The average molecular weight is 212 g/mol. The maximum atomic E-state index is 3.58. The summed E-state index contributed by atoms with van der Waals surface area (Å²) in [5.41, 5.74) is 0. The topological polar surface area (TPSA) is 34.0 Å². The van der Waals surface area contributed by atoms with Gasteiger partial charge in [0.15, 0.2) is 0 Å². The zero-order valence-corrected chi connectivity index (χ0v) is 10.8. The van der Waals surface area contributed by atoms with E-state index in [-0.39, 0.29) is 0 Å². The first-order valence-corrected chi connectivity index (χ1v) is 6.61. The van der Waals surface area contributed by atoms with Gasteiger partial charge in [-0.05, 0) is 26.7 Å². The molecule has 2 unspecified atom stereocenters. The summed E-state index contributed by atoms with van der Waals surface area (Å²) < 4.78 is 0. The van der Waals surface area contributed by atoms with Gasteiger partial charge >= 0.3 is 0 Å².